The van der Waals surface area contributed by atoms with Crippen LogP contribution < -0.4 is 5.32 Å². The van der Waals surface area contributed by atoms with Gasteiger partial charge in [-0.1, -0.05) is 19.3 Å². The lowest BCUT2D eigenvalue weighted by molar-refractivity contribution is -0.122. The van der Waals surface area contributed by atoms with Gasteiger partial charge in [-0.2, -0.15) is 0 Å². The fourth-order valence-electron chi connectivity index (χ4n) is 3.04. The zero-order valence-electron chi connectivity index (χ0n) is 13.0. The molecule has 23 heavy (non-hydrogen) atoms. The Bertz CT molecular complexity index is 654. The van der Waals surface area contributed by atoms with Gasteiger partial charge in [0.25, 0.3) is 0 Å². The van der Waals surface area contributed by atoms with E-state index in [1.54, 1.807) is 18.2 Å². The minimum absolute atomic E-state index is 0.111. The molecule has 1 N–H and O–H groups in total. The average molecular weight is 331 g/mol. The number of furan rings is 1. The predicted octanol–water partition coefficient (Wildman–Crippen LogP) is 4.16. The zero-order chi connectivity index (χ0) is 16.1. The quantitative estimate of drug-likeness (QED) is 0.809. The second kappa shape index (κ2) is 7.59. The van der Waals surface area contributed by atoms with Crippen molar-refractivity contribution in [3.8, 4) is 0 Å². The number of ketones is 1. The Balaban J connectivity index is 1.49. The number of thiophene rings is 1. The van der Waals surface area contributed by atoms with Gasteiger partial charge in [0, 0.05) is 11.3 Å². The molecule has 2 aromatic rings. The third-order valence-corrected chi connectivity index (χ3v) is 5.37. The van der Waals surface area contributed by atoms with Crippen LogP contribution in [0, 0.1) is 5.92 Å². The van der Waals surface area contributed by atoms with Gasteiger partial charge in [0.15, 0.2) is 5.76 Å². The Morgan fingerprint density at radius 3 is 2.74 bits per heavy atom. The van der Waals surface area contributed by atoms with Gasteiger partial charge >= 0.3 is 0 Å². The van der Waals surface area contributed by atoms with Gasteiger partial charge in [0.05, 0.1) is 17.7 Å². The SMILES string of the molecule is O=C(CC1CCCCC1)NCc1ccc(C(=O)c2ccco2)s1. The molecule has 1 fully saturated rings. The molecule has 0 unspecified atom stereocenters. The van der Waals surface area contributed by atoms with Crippen LogP contribution in [0.25, 0.3) is 0 Å². The first-order valence-corrected chi connectivity index (χ1v) is 8.97. The van der Waals surface area contributed by atoms with Crippen LogP contribution in [0.5, 0.6) is 0 Å². The lowest BCUT2D eigenvalue weighted by Crippen LogP contribution is -2.25. The van der Waals surface area contributed by atoms with Crippen molar-refractivity contribution in [2.45, 2.75) is 45.1 Å². The minimum atomic E-state index is -0.111. The molecule has 1 aliphatic rings. The maximum Gasteiger partial charge on any atom is 0.238 e. The van der Waals surface area contributed by atoms with E-state index in [-0.39, 0.29) is 11.7 Å². The van der Waals surface area contributed by atoms with E-state index in [0.29, 0.717) is 29.5 Å². The number of carbonyl (C=O) groups excluding carboxylic acids is 2. The fourth-order valence-corrected chi connectivity index (χ4v) is 3.93. The van der Waals surface area contributed by atoms with Crippen molar-refractivity contribution in [1.29, 1.82) is 0 Å². The summed E-state index contributed by atoms with van der Waals surface area (Å²) in [4.78, 5) is 25.8. The van der Waals surface area contributed by atoms with Crippen LogP contribution >= 0.6 is 11.3 Å². The van der Waals surface area contributed by atoms with Crippen molar-refractivity contribution in [2.24, 2.45) is 5.92 Å². The maximum absolute atomic E-state index is 12.2. The molecule has 0 saturated heterocycles. The second-order valence-corrected chi connectivity index (χ2v) is 7.23. The summed E-state index contributed by atoms with van der Waals surface area (Å²) in [6.07, 6.45) is 8.28. The minimum Gasteiger partial charge on any atom is -0.461 e. The topological polar surface area (TPSA) is 59.3 Å². The zero-order valence-corrected chi connectivity index (χ0v) is 13.9. The number of amides is 1. The number of hydrogen-bond donors (Lipinski definition) is 1. The first-order valence-electron chi connectivity index (χ1n) is 8.16. The van der Waals surface area contributed by atoms with Crippen molar-refractivity contribution < 1.29 is 14.0 Å². The predicted molar refractivity (Wildman–Crippen MR) is 89.5 cm³/mol. The van der Waals surface area contributed by atoms with Crippen LogP contribution in [0.1, 0.15) is 58.8 Å². The Kier molecular flexibility index (Phi) is 5.28. The third-order valence-electron chi connectivity index (χ3n) is 4.29. The molecule has 0 radical (unpaired) electrons. The highest BCUT2D eigenvalue weighted by Gasteiger charge is 2.18. The Labute approximate surface area is 139 Å². The highest BCUT2D eigenvalue weighted by Crippen LogP contribution is 2.26. The van der Waals surface area contributed by atoms with E-state index in [4.69, 9.17) is 4.42 Å². The summed E-state index contributed by atoms with van der Waals surface area (Å²) in [5.74, 6) is 0.895. The Hall–Kier alpha value is -1.88. The highest BCUT2D eigenvalue weighted by atomic mass is 32.1. The van der Waals surface area contributed by atoms with Crippen LogP contribution in [-0.4, -0.2) is 11.7 Å². The van der Waals surface area contributed by atoms with Crippen molar-refractivity contribution in [3.05, 3.63) is 46.0 Å². The molecule has 4 nitrogen and oxygen atoms in total. The van der Waals surface area contributed by atoms with Crippen LogP contribution in [0.4, 0.5) is 0 Å². The maximum atomic E-state index is 12.2. The molecule has 0 spiro atoms. The first kappa shape index (κ1) is 16.0. The molecule has 1 saturated carbocycles. The molecule has 3 rings (SSSR count). The van der Waals surface area contributed by atoms with E-state index >= 15 is 0 Å². The van der Waals surface area contributed by atoms with E-state index in [0.717, 1.165) is 4.88 Å². The molecule has 0 bridgehead atoms. The summed E-state index contributed by atoms with van der Waals surface area (Å²) in [6.45, 7) is 0.488. The lowest BCUT2D eigenvalue weighted by Gasteiger charge is -2.20. The molecule has 1 aliphatic carbocycles. The number of hydrogen-bond acceptors (Lipinski definition) is 4. The molecular weight excluding hydrogens is 310 g/mol. The normalized spacial score (nSPS) is 15.5. The standard InChI is InChI=1S/C18H21NO3S/c20-17(11-13-5-2-1-3-6-13)19-12-14-8-9-16(23-14)18(21)15-7-4-10-22-15/h4,7-10,13H,1-3,5-6,11-12H2,(H,19,20). The fraction of sp³-hybridized carbons (Fsp3) is 0.444. The van der Waals surface area contributed by atoms with Crippen LogP contribution in [0.15, 0.2) is 34.9 Å². The van der Waals surface area contributed by atoms with Crippen molar-refractivity contribution in [2.75, 3.05) is 0 Å². The summed E-state index contributed by atoms with van der Waals surface area (Å²) in [5.41, 5.74) is 0. The van der Waals surface area contributed by atoms with Gasteiger partial charge in [-0.05, 0) is 43.0 Å². The molecule has 0 aromatic carbocycles. The average Bonchev–Trinajstić information content (AvgIpc) is 3.25. The number of rotatable bonds is 6. The van der Waals surface area contributed by atoms with E-state index in [9.17, 15) is 9.59 Å². The van der Waals surface area contributed by atoms with Gasteiger partial charge in [-0.3, -0.25) is 9.59 Å². The van der Waals surface area contributed by atoms with E-state index in [1.807, 2.05) is 6.07 Å². The molecule has 2 aromatic heterocycles. The number of carbonyl (C=O) groups is 2. The van der Waals surface area contributed by atoms with Gasteiger partial charge in [-0.15, -0.1) is 11.3 Å². The molecular formula is C18H21NO3S. The molecule has 2 heterocycles. The highest BCUT2D eigenvalue weighted by molar-refractivity contribution is 7.14. The lowest BCUT2D eigenvalue weighted by atomic mass is 9.87. The Morgan fingerprint density at radius 1 is 1.17 bits per heavy atom. The van der Waals surface area contributed by atoms with Gasteiger partial charge in [-0.25, -0.2) is 0 Å². The second-order valence-electron chi connectivity index (χ2n) is 6.06. The molecule has 122 valence electrons. The van der Waals surface area contributed by atoms with Crippen molar-refractivity contribution >= 4 is 23.0 Å². The smallest absolute Gasteiger partial charge is 0.238 e. The summed E-state index contributed by atoms with van der Waals surface area (Å²) in [7, 11) is 0. The van der Waals surface area contributed by atoms with Crippen LogP contribution in [-0.2, 0) is 11.3 Å². The first-order chi connectivity index (χ1) is 11.2. The third kappa shape index (κ3) is 4.32. The van der Waals surface area contributed by atoms with Gasteiger partial charge in [0.2, 0.25) is 11.7 Å². The molecule has 1 amide bonds. The summed E-state index contributed by atoms with van der Waals surface area (Å²) < 4.78 is 5.13. The Morgan fingerprint density at radius 2 is 2.00 bits per heavy atom. The van der Waals surface area contributed by atoms with Crippen LogP contribution in [0.3, 0.4) is 0 Å². The summed E-state index contributed by atoms with van der Waals surface area (Å²) in [5, 5.41) is 2.97. The van der Waals surface area contributed by atoms with E-state index < -0.39 is 0 Å². The van der Waals surface area contributed by atoms with Gasteiger partial charge < -0.3 is 9.73 Å². The molecule has 5 heteroatoms. The van der Waals surface area contributed by atoms with E-state index in [1.165, 1.54) is 49.7 Å². The van der Waals surface area contributed by atoms with Crippen molar-refractivity contribution in [1.82, 2.24) is 5.32 Å². The van der Waals surface area contributed by atoms with Gasteiger partial charge in [0.1, 0.15) is 0 Å². The van der Waals surface area contributed by atoms with Crippen LogP contribution in [0.2, 0.25) is 0 Å². The van der Waals surface area contributed by atoms with Crippen molar-refractivity contribution in [3.63, 3.8) is 0 Å². The van der Waals surface area contributed by atoms with E-state index in [2.05, 4.69) is 5.32 Å². The monoisotopic (exact) mass is 331 g/mol. The summed E-state index contributed by atoms with van der Waals surface area (Å²) in [6, 6.07) is 7.04. The largest absolute Gasteiger partial charge is 0.461 e. The molecule has 0 aliphatic heterocycles. The summed E-state index contributed by atoms with van der Waals surface area (Å²) >= 11 is 1.40. The molecule has 0 atom stereocenters. The number of nitrogens with one attached hydrogen (secondary N) is 1.